The Balaban J connectivity index is 2.79. The minimum Gasteiger partial charge on any atom is -0.508 e. The Morgan fingerprint density at radius 3 is 2.82 bits per heavy atom. The van der Waals surface area contributed by atoms with Crippen molar-refractivity contribution in [3.63, 3.8) is 0 Å². The lowest BCUT2D eigenvalue weighted by atomic mass is 10.4. The summed E-state index contributed by atoms with van der Waals surface area (Å²) in [4.78, 5) is 11.3. The molecule has 0 atom stereocenters. The normalized spacial score (nSPS) is 16.0. The summed E-state index contributed by atoms with van der Waals surface area (Å²) in [6.07, 6.45) is 5.66. The predicted molar refractivity (Wildman–Crippen MR) is 38.9 cm³/mol. The number of allylic oxidation sites excluding steroid dienone is 3. The summed E-state index contributed by atoms with van der Waals surface area (Å²) in [6, 6.07) is 0. The van der Waals surface area contributed by atoms with Crippen molar-refractivity contribution in [3.8, 4) is 0 Å². The molecule has 58 valence electrons. The third-order valence-electron chi connectivity index (χ3n) is 1.14. The van der Waals surface area contributed by atoms with Crippen LogP contribution >= 0.6 is 0 Å². The fraction of sp³-hybridized carbons (Fsp3) is 0. The standard InChI is InChI=1S/C7H7NO3/c9-6-2-1-4-8(5-3-6)7(10)11/h1-5,9H,(H,10,11). The molecule has 0 saturated carbocycles. The maximum atomic E-state index is 10.3. The molecule has 0 fully saturated rings. The van der Waals surface area contributed by atoms with Crippen LogP contribution in [0.5, 0.6) is 0 Å². The first-order valence-electron chi connectivity index (χ1n) is 2.97. The predicted octanol–water partition coefficient (Wildman–Crippen LogP) is 1.45. The van der Waals surface area contributed by atoms with E-state index in [-0.39, 0.29) is 5.76 Å². The third-order valence-corrected chi connectivity index (χ3v) is 1.14. The van der Waals surface area contributed by atoms with Crippen molar-refractivity contribution in [3.05, 3.63) is 36.4 Å². The monoisotopic (exact) mass is 153 g/mol. The van der Waals surface area contributed by atoms with Gasteiger partial charge >= 0.3 is 6.09 Å². The van der Waals surface area contributed by atoms with Crippen LogP contribution in [0.4, 0.5) is 4.79 Å². The van der Waals surface area contributed by atoms with Gasteiger partial charge in [-0.25, -0.2) is 4.79 Å². The van der Waals surface area contributed by atoms with E-state index in [4.69, 9.17) is 10.2 Å². The summed E-state index contributed by atoms with van der Waals surface area (Å²) in [6.45, 7) is 0. The van der Waals surface area contributed by atoms with Crippen molar-refractivity contribution in [1.29, 1.82) is 0 Å². The van der Waals surface area contributed by atoms with Gasteiger partial charge in [-0.3, -0.25) is 4.90 Å². The van der Waals surface area contributed by atoms with E-state index >= 15 is 0 Å². The minimum absolute atomic E-state index is 0.0324. The van der Waals surface area contributed by atoms with Crippen LogP contribution in [0.25, 0.3) is 0 Å². The maximum Gasteiger partial charge on any atom is 0.415 e. The highest BCUT2D eigenvalue weighted by Crippen LogP contribution is 2.02. The van der Waals surface area contributed by atoms with Crippen LogP contribution < -0.4 is 0 Å². The van der Waals surface area contributed by atoms with Crippen molar-refractivity contribution in [2.75, 3.05) is 0 Å². The van der Waals surface area contributed by atoms with Gasteiger partial charge in [0.15, 0.2) is 0 Å². The van der Waals surface area contributed by atoms with Gasteiger partial charge < -0.3 is 10.2 Å². The fourth-order valence-corrected chi connectivity index (χ4v) is 0.624. The molecule has 0 aromatic heterocycles. The average molecular weight is 153 g/mol. The molecule has 0 saturated heterocycles. The van der Waals surface area contributed by atoms with Gasteiger partial charge in [-0.05, 0) is 18.2 Å². The van der Waals surface area contributed by atoms with Crippen LogP contribution in [0.15, 0.2) is 36.4 Å². The second-order valence-corrected chi connectivity index (χ2v) is 1.94. The van der Waals surface area contributed by atoms with E-state index in [1.54, 1.807) is 0 Å². The molecule has 0 bridgehead atoms. The molecule has 1 heterocycles. The molecule has 0 spiro atoms. The Morgan fingerprint density at radius 1 is 1.45 bits per heavy atom. The number of hydrogen-bond acceptors (Lipinski definition) is 2. The Labute approximate surface area is 63.4 Å². The smallest absolute Gasteiger partial charge is 0.415 e. The highest BCUT2D eigenvalue weighted by atomic mass is 16.4. The van der Waals surface area contributed by atoms with Crippen molar-refractivity contribution < 1.29 is 15.0 Å². The van der Waals surface area contributed by atoms with Gasteiger partial charge in [0.1, 0.15) is 5.76 Å². The van der Waals surface area contributed by atoms with Crippen molar-refractivity contribution >= 4 is 6.09 Å². The summed E-state index contributed by atoms with van der Waals surface area (Å²) in [5.74, 6) is 0.0324. The number of carboxylic acid groups (broad SMARTS) is 1. The van der Waals surface area contributed by atoms with E-state index < -0.39 is 6.09 Å². The molecule has 1 aliphatic heterocycles. The maximum absolute atomic E-state index is 10.3. The quantitative estimate of drug-likeness (QED) is 0.553. The van der Waals surface area contributed by atoms with E-state index in [2.05, 4.69) is 0 Å². The summed E-state index contributed by atoms with van der Waals surface area (Å²) in [7, 11) is 0. The molecule has 4 heteroatoms. The van der Waals surface area contributed by atoms with Crippen molar-refractivity contribution in [2.45, 2.75) is 0 Å². The van der Waals surface area contributed by atoms with Gasteiger partial charge in [-0.2, -0.15) is 0 Å². The summed E-state index contributed by atoms with van der Waals surface area (Å²) in [5, 5.41) is 17.4. The molecular weight excluding hydrogens is 146 g/mol. The van der Waals surface area contributed by atoms with Gasteiger partial charge in [0.25, 0.3) is 0 Å². The summed E-state index contributed by atoms with van der Waals surface area (Å²) < 4.78 is 0. The zero-order valence-corrected chi connectivity index (χ0v) is 5.64. The molecule has 2 N–H and O–H groups in total. The first-order chi connectivity index (χ1) is 5.20. The van der Waals surface area contributed by atoms with E-state index in [9.17, 15) is 4.79 Å². The lowest BCUT2D eigenvalue weighted by molar-refractivity contribution is 0.175. The molecule has 0 aromatic carbocycles. The summed E-state index contributed by atoms with van der Waals surface area (Å²) in [5.41, 5.74) is 0. The fourth-order valence-electron chi connectivity index (χ4n) is 0.624. The lowest BCUT2D eigenvalue weighted by Crippen LogP contribution is -2.16. The molecule has 1 amide bonds. The number of carbonyl (C=O) groups is 1. The lowest BCUT2D eigenvalue weighted by Gasteiger charge is -2.04. The Morgan fingerprint density at radius 2 is 2.18 bits per heavy atom. The van der Waals surface area contributed by atoms with Crippen LogP contribution in [-0.4, -0.2) is 21.2 Å². The minimum atomic E-state index is -1.08. The second-order valence-electron chi connectivity index (χ2n) is 1.94. The molecule has 1 rings (SSSR count). The largest absolute Gasteiger partial charge is 0.508 e. The highest BCUT2D eigenvalue weighted by molar-refractivity contribution is 5.68. The number of rotatable bonds is 0. The number of nitrogens with zero attached hydrogens (tertiary/aromatic N) is 1. The second kappa shape index (κ2) is 2.92. The topological polar surface area (TPSA) is 60.8 Å². The molecule has 4 nitrogen and oxygen atoms in total. The zero-order chi connectivity index (χ0) is 8.27. The van der Waals surface area contributed by atoms with Gasteiger partial charge in [-0.1, -0.05) is 0 Å². The number of aliphatic hydroxyl groups is 1. The van der Waals surface area contributed by atoms with Gasteiger partial charge in [0.2, 0.25) is 0 Å². The molecular formula is C7H7NO3. The Bertz CT molecular complexity index is 252. The van der Waals surface area contributed by atoms with E-state index in [0.29, 0.717) is 0 Å². The van der Waals surface area contributed by atoms with E-state index in [1.807, 2.05) is 0 Å². The number of aliphatic hydroxyl groups excluding tert-OH is 1. The van der Waals surface area contributed by atoms with E-state index in [1.165, 1.54) is 30.6 Å². The third kappa shape index (κ3) is 1.86. The molecule has 0 unspecified atom stereocenters. The van der Waals surface area contributed by atoms with Gasteiger partial charge in [0, 0.05) is 12.4 Å². The highest BCUT2D eigenvalue weighted by Gasteiger charge is 2.04. The van der Waals surface area contributed by atoms with Crippen LogP contribution in [0.1, 0.15) is 0 Å². The van der Waals surface area contributed by atoms with Crippen molar-refractivity contribution in [1.82, 2.24) is 4.90 Å². The molecule has 0 radical (unpaired) electrons. The molecule has 1 aliphatic rings. The van der Waals surface area contributed by atoms with Crippen LogP contribution in [0.3, 0.4) is 0 Å². The SMILES string of the molecule is O=C(O)N1C=CC=C(O)C=C1. The molecule has 0 aliphatic carbocycles. The van der Waals surface area contributed by atoms with Crippen LogP contribution in [0, 0.1) is 0 Å². The molecule has 0 aromatic rings. The van der Waals surface area contributed by atoms with Crippen LogP contribution in [-0.2, 0) is 0 Å². The summed E-state index contributed by atoms with van der Waals surface area (Å²) >= 11 is 0. The van der Waals surface area contributed by atoms with Gasteiger partial charge in [0.05, 0.1) is 0 Å². The number of hydrogen-bond donors (Lipinski definition) is 2. The Hall–Kier alpha value is -1.71. The van der Waals surface area contributed by atoms with Crippen molar-refractivity contribution in [2.24, 2.45) is 0 Å². The molecule has 11 heavy (non-hydrogen) atoms. The first kappa shape index (κ1) is 7.40. The van der Waals surface area contributed by atoms with Gasteiger partial charge in [-0.15, -0.1) is 0 Å². The zero-order valence-electron chi connectivity index (χ0n) is 5.64. The Kier molecular flexibility index (Phi) is 1.96. The first-order valence-corrected chi connectivity index (χ1v) is 2.97. The average Bonchev–Trinajstić information content (AvgIpc) is 2.13. The van der Waals surface area contributed by atoms with Crippen LogP contribution in [0.2, 0.25) is 0 Å². The number of amides is 1. The van der Waals surface area contributed by atoms with E-state index in [0.717, 1.165) is 4.90 Å².